The first kappa shape index (κ1) is 9.81. The highest BCUT2D eigenvalue weighted by atomic mass is 19.1. The quantitative estimate of drug-likeness (QED) is 0.663. The topological polar surface area (TPSA) is 17.1 Å². The second kappa shape index (κ2) is 3.41. The molecular formula is C15H17FO. The van der Waals surface area contributed by atoms with Crippen LogP contribution in [0.25, 0.3) is 0 Å². The molecule has 17 heavy (non-hydrogen) atoms. The smallest absolute Gasteiger partial charge is 0.167 e. The summed E-state index contributed by atoms with van der Waals surface area (Å²) in [4.78, 5) is 12.5. The predicted molar refractivity (Wildman–Crippen MR) is 64.6 cm³/mol. The second-order valence-electron chi connectivity index (χ2n) is 5.85. The Bertz CT molecular complexity index is 537. The molecule has 1 fully saturated rings. The van der Waals surface area contributed by atoms with Gasteiger partial charge in [-0.25, -0.2) is 4.39 Å². The number of hydrogen-bond donors (Lipinski definition) is 0. The summed E-state index contributed by atoms with van der Waals surface area (Å²) < 4.78 is 22.1. The van der Waals surface area contributed by atoms with Gasteiger partial charge in [0.25, 0.3) is 0 Å². The lowest BCUT2D eigenvalue weighted by Gasteiger charge is -2.39. The number of hydrogen-bond acceptors (Lipinski definition) is 1. The fourth-order valence-electron chi connectivity index (χ4n) is 3.45. The van der Waals surface area contributed by atoms with Crippen molar-refractivity contribution in [3.8, 4) is 0 Å². The molecule has 90 valence electrons. The highest BCUT2D eigenvalue weighted by Gasteiger charge is 2.49. The van der Waals surface area contributed by atoms with E-state index < -0.39 is 5.89 Å². The van der Waals surface area contributed by atoms with Gasteiger partial charge in [-0.1, -0.05) is 20.3 Å². The van der Waals surface area contributed by atoms with Crippen molar-refractivity contribution in [2.75, 3.05) is 0 Å². The summed E-state index contributed by atoms with van der Waals surface area (Å²) >= 11 is 0. The normalized spacial score (nSPS) is 35.1. The van der Waals surface area contributed by atoms with Gasteiger partial charge in [-0.2, -0.15) is 0 Å². The van der Waals surface area contributed by atoms with Gasteiger partial charge in [-0.3, -0.25) is 4.79 Å². The lowest BCUT2D eigenvalue weighted by molar-refractivity contribution is 0.0687. The minimum Gasteiger partial charge on any atom is -0.294 e. The van der Waals surface area contributed by atoms with E-state index in [1.807, 2.05) is 0 Å². The van der Waals surface area contributed by atoms with Crippen LogP contribution in [0.4, 0.5) is 4.39 Å². The third kappa shape index (κ3) is 1.46. The van der Waals surface area contributed by atoms with Crippen LogP contribution in [0.1, 0.15) is 56.3 Å². The third-order valence-corrected chi connectivity index (χ3v) is 4.25. The summed E-state index contributed by atoms with van der Waals surface area (Å²) in [6.07, 6.45) is 2.54. The van der Waals surface area contributed by atoms with Crippen LogP contribution < -0.4 is 0 Å². The van der Waals surface area contributed by atoms with E-state index in [1.54, 1.807) is 6.07 Å². The van der Waals surface area contributed by atoms with Crippen molar-refractivity contribution in [2.45, 2.75) is 39.0 Å². The molecule has 0 radical (unpaired) electrons. The second-order valence-corrected chi connectivity index (χ2v) is 5.85. The van der Waals surface area contributed by atoms with Crippen molar-refractivity contribution < 1.29 is 10.6 Å². The number of ketones is 1. The highest BCUT2D eigenvalue weighted by Crippen LogP contribution is 2.54. The monoisotopic (exact) mass is 233 g/mol. The number of benzene rings is 1. The molecule has 3 rings (SSSR count). The fraction of sp³-hybridized carbons (Fsp3) is 0.533. The Morgan fingerprint density at radius 1 is 1.47 bits per heavy atom. The lowest BCUT2D eigenvalue weighted by Crippen LogP contribution is -2.34. The Morgan fingerprint density at radius 3 is 3.00 bits per heavy atom. The zero-order chi connectivity index (χ0) is 13.1. The molecule has 1 nitrogen and oxygen atoms in total. The molecule has 0 spiro atoms. The highest BCUT2D eigenvalue weighted by molar-refractivity contribution is 6.03. The fourth-order valence-corrected chi connectivity index (χ4v) is 3.45. The molecule has 0 bridgehead atoms. The minimum absolute atomic E-state index is 0.0321. The van der Waals surface area contributed by atoms with Crippen molar-refractivity contribution in [2.24, 2.45) is 11.3 Å². The van der Waals surface area contributed by atoms with E-state index in [2.05, 4.69) is 13.8 Å². The number of Topliss-reactive ketones (excluding diaryl/α,β-unsaturated/α-hetero) is 1. The van der Waals surface area contributed by atoms with Gasteiger partial charge >= 0.3 is 0 Å². The summed E-state index contributed by atoms with van der Waals surface area (Å²) in [5.41, 5.74) is 0.990. The molecule has 0 amide bonds. The lowest BCUT2D eigenvalue weighted by atomic mass is 9.64. The molecule has 1 saturated carbocycles. The van der Waals surface area contributed by atoms with Crippen molar-refractivity contribution in [3.05, 3.63) is 35.1 Å². The van der Waals surface area contributed by atoms with E-state index in [9.17, 15) is 9.18 Å². The molecule has 2 heteroatoms. The summed E-state index contributed by atoms with van der Waals surface area (Å²) in [7, 11) is 0. The summed E-state index contributed by atoms with van der Waals surface area (Å²) in [5.74, 6) is -1.56. The molecule has 0 unspecified atom stereocenters. The number of halogens is 1. The van der Waals surface area contributed by atoms with Crippen LogP contribution in [-0.4, -0.2) is 5.78 Å². The Kier molecular flexibility index (Phi) is 1.97. The number of carbonyl (C=O) groups excluding carboxylic acids is 1. The maximum absolute atomic E-state index is 13.4. The van der Waals surface area contributed by atoms with Crippen molar-refractivity contribution in [1.29, 1.82) is 0 Å². The van der Waals surface area contributed by atoms with Gasteiger partial charge in [-0.05, 0) is 47.9 Å². The minimum atomic E-state index is -0.920. The zero-order valence-corrected chi connectivity index (χ0v) is 10.2. The van der Waals surface area contributed by atoms with Gasteiger partial charge < -0.3 is 0 Å². The van der Waals surface area contributed by atoms with Crippen LogP contribution in [0, 0.1) is 17.2 Å². The number of rotatable bonds is 0. The van der Waals surface area contributed by atoms with Crippen LogP contribution in [0.3, 0.4) is 0 Å². The maximum Gasteiger partial charge on any atom is 0.167 e. The molecule has 0 N–H and O–H groups in total. The van der Waals surface area contributed by atoms with E-state index in [0.717, 1.165) is 12.8 Å². The molecular weight excluding hydrogens is 215 g/mol. The zero-order valence-electron chi connectivity index (χ0n) is 11.2. The van der Waals surface area contributed by atoms with E-state index in [1.165, 1.54) is 12.1 Å². The molecule has 0 aromatic heterocycles. The SMILES string of the molecule is [2H][C@]12CCCC(C)(C)[C@@H]1C(=O)c1ccc(F)cc12. The van der Waals surface area contributed by atoms with Crippen LogP contribution in [-0.2, 0) is 0 Å². The molecule has 2 atom stereocenters. The summed E-state index contributed by atoms with van der Waals surface area (Å²) in [6, 6.07) is 4.27. The number of carbonyl (C=O) groups is 1. The van der Waals surface area contributed by atoms with Crippen LogP contribution in [0.15, 0.2) is 18.2 Å². The van der Waals surface area contributed by atoms with Crippen molar-refractivity contribution in [3.63, 3.8) is 0 Å². The Hall–Kier alpha value is -1.18. The van der Waals surface area contributed by atoms with Gasteiger partial charge in [0.05, 0.1) is 0 Å². The molecule has 0 heterocycles. The standard InChI is InChI=1S/C15H17FO/c1-15(2)7-3-4-10-12-8-9(16)5-6-11(12)14(17)13(10)15/h5-6,8,10,13H,3-4,7H2,1-2H3/t10-,13+/m1/s1/i10D. The number of fused-ring (bicyclic) bond motifs is 3. The third-order valence-electron chi connectivity index (χ3n) is 4.25. The van der Waals surface area contributed by atoms with Gasteiger partial charge in [0.2, 0.25) is 0 Å². The van der Waals surface area contributed by atoms with Crippen LogP contribution in [0.2, 0.25) is 0 Å². The average Bonchev–Trinajstić information content (AvgIpc) is 2.48. The molecule has 0 aliphatic heterocycles. The van der Waals surface area contributed by atoms with Gasteiger partial charge in [0.1, 0.15) is 5.82 Å². The van der Waals surface area contributed by atoms with E-state index in [0.29, 0.717) is 17.5 Å². The maximum atomic E-state index is 13.4. The van der Waals surface area contributed by atoms with Gasteiger partial charge in [-0.15, -0.1) is 0 Å². The van der Waals surface area contributed by atoms with Crippen LogP contribution >= 0.6 is 0 Å². The first-order chi connectivity index (χ1) is 8.36. The first-order valence-electron chi connectivity index (χ1n) is 6.70. The molecule has 2 aliphatic carbocycles. The van der Waals surface area contributed by atoms with Gasteiger partial charge in [0.15, 0.2) is 5.78 Å². The Balaban J connectivity index is 2.23. The molecule has 1 aromatic rings. The van der Waals surface area contributed by atoms with E-state index in [-0.39, 0.29) is 22.9 Å². The average molecular weight is 233 g/mol. The van der Waals surface area contributed by atoms with Crippen LogP contribution in [0.5, 0.6) is 0 Å². The largest absolute Gasteiger partial charge is 0.294 e. The first-order valence-corrected chi connectivity index (χ1v) is 6.20. The summed E-state index contributed by atoms with van der Waals surface area (Å²) in [5, 5.41) is 0. The van der Waals surface area contributed by atoms with E-state index in [4.69, 9.17) is 1.37 Å². The Morgan fingerprint density at radius 2 is 2.24 bits per heavy atom. The molecule has 2 aliphatic rings. The van der Waals surface area contributed by atoms with E-state index >= 15 is 0 Å². The Labute approximate surface area is 102 Å². The van der Waals surface area contributed by atoms with Crippen molar-refractivity contribution in [1.82, 2.24) is 0 Å². The predicted octanol–water partition coefficient (Wildman–Crippen LogP) is 3.93. The van der Waals surface area contributed by atoms with Crippen molar-refractivity contribution >= 4 is 5.78 Å². The molecule has 1 aromatic carbocycles. The summed E-state index contributed by atoms with van der Waals surface area (Å²) in [6.45, 7) is 4.11. The van der Waals surface area contributed by atoms with Gasteiger partial charge in [0, 0.05) is 12.9 Å². The molecule has 0 saturated heterocycles.